The quantitative estimate of drug-likeness (QED) is 0.761. The molecule has 94 valence electrons. The number of halogens is 1. The number of hydrogen-bond acceptors (Lipinski definition) is 4. The molecule has 17 heavy (non-hydrogen) atoms. The lowest BCUT2D eigenvalue weighted by Gasteiger charge is -2.40. The fourth-order valence-electron chi connectivity index (χ4n) is 2.29. The summed E-state index contributed by atoms with van der Waals surface area (Å²) in [6.45, 7) is 5.98. The summed E-state index contributed by atoms with van der Waals surface area (Å²) >= 11 is 5.86. The Morgan fingerprint density at radius 2 is 2.29 bits per heavy atom. The van der Waals surface area contributed by atoms with Gasteiger partial charge in [-0.15, -0.1) is 0 Å². The van der Waals surface area contributed by atoms with Gasteiger partial charge < -0.3 is 9.64 Å². The third kappa shape index (κ3) is 2.69. The molecule has 1 aliphatic heterocycles. The van der Waals surface area contributed by atoms with Crippen LogP contribution < -0.4 is 4.90 Å². The summed E-state index contributed by atoms with van der Waals surface area (Å²) in [5.74, 6) is 0.924. The Hall–Kier alpha value is -0.870. The van der Waals surface area contributed by atoms with Gasteiger partial charge in [-0.2, -0.15) is 0 Å². The van der Waals surface area contributed by atoms with E-state index in [4.69, 9.17) is 16.3 Å². The summed E-state index contributed by atoms with van der Waals surface area (Å²) in [6, 6.07) is 0. The van der Waals surface area contributed by atoms with Crippen LogP contribution in [0.5, 0.6) is 0 Å². The van der Waals surface area contributed by atoms with E-state index in [-0.39, 0.29) is 5.60 Å². The molecule has 1 unspecified atom stereocenters. The third-order valence-corrected chi connectivity index (χ3v) is 3.55. The van der Waals surface area contributed by atoms with Gasteiger partial charge in [-0.3, -0.25) is 0 Å². The Kier molecular flexibility index (Phi) is 3.54. The van der Waals surface area contributed by atoms with Crippen molar-refractivity contribution in [2.45, 2.75) is 32.3 Å². The molecule has 2 rings (SSSR count). The molecule has 1 saturated heterocycles. The number of aromatic nitrogens is 2. The van der Waals surface area contributed by atoms with Crippen molar-refractivity contribution in [2.75, 3.05) is 25.1 Å². The Bertz CT molecular complexity index is 413. The maximum absolute atomic E-state index is 5.86. The Morgan fingerprint density at radius 3 is 3.00 bits per heavy atom. The summed E-state index contributed by atoms with van der Waals surface area (Å²) in [6.07, 6.45) is 3.95. The zero-order chi connectivity index (χ0) is 12.5. The summed E-state index contributed by atoms with van der Waals surface area (Å²) in [5.41, 5.74) is 0.956. The molecular formula is C12H18ClN3O. The van der Waals surface area contributed by atoms with Crippen molar-refractivity contribution in [1.82, 2.24) is 9.97 Å². The number of aryl methyl sites for hydroxylation is 1. The fourth-order valence-corrected chi connectivity index (χ4v) is 2.41. The zero-order valence-corrected chi connectivity index (χ0v) is 11.3. The highest BCUT2D eigenvalue weighted by molar-refractivity contribution is 6.28. The molecule has 0 aliphatic carbocycles. The number of anilines is 1. The lowest BCUT2D eigenvalue weighted by Crippen LogP contribution is -2.48. The molecule has 0 spiro atoms. The molecule has 1 aromatic heterocycles. The van der Waals surface area contributed by atoms with Crippen LogP contribution in [0.15, 0.2) is 6.20 Å². The summed E-state index contributed by atoms with van der Waals surface area (Å²) in [4.78, 5) is 10.5. The van der Waals surface area contributed by atoms with E-state index in [9.17, 15) is 0 Å². The number of nitrogens with zero attached hydrogens (tertiary/aromatic N) is 3. The van der Waals surface area contributed by atoms with E-state index in [1.54, 1.807) is 13.3 Å². The van der Waals surface area contributed by atoms with Gasteiger partial charge >= 0.3 is 0 Å². The number of methoxy groups -OCH3 is 1. The van der Waals surface area contributed by atoms with Crippen LogP contribution in [0.3, 0.4) is 0 Å². The summed E-state index contributed by atoms with van der Waals surface area (Å²) in [7, 11) is 1.77. The number of rotatable bonds is 2. The van der Waals surface area contributed by atoms with Crippen molar-refractivity contribution in [3.05, 3.63) is 17.0 Å². The highest BCUT2D eigenvalue weighted by Crippen LogP contribution is 2.28. The van der Waals surface area contributed by atoms with Gasteiger partial charge in [0.2, 0.25) is 5.28 Å². The van der Waals surface area contributed by atoms with Gasteiger partial charge in [0.15, 0.2) is 0 Å². The van der Waals surface area contributed by atoms with Gasteiger partial charge in [0.1, 0.15) is 5.82 Å². The Balaban J connectivity index is 2.24. The van der Waals surface area contributed by atoms with Crippen molar-refractivity contribution in [3.63, 3.8) is 0 Å². The molecule has 1 aliphatic rings. The average molecular weight is 256 g/mol. The van der Waals surface area contributed by atoms with Crippen molar-refractivity contribution in [3.8, 4) is 0 Å². The molecule has 0 radical (unpaired) electrons. The first-order valence-corrected chi connectivity index (χ1v) is 6.21. The molecule has 2 heterocycles. The molecule has 0 bridgehead atoms. The van der Waals surface area contributed by atoms with E-state index in [2.05, 4.69) is 21.8 Å². The maximum Gasteiger partial charge on any atom is 0.224 e. The highest BCUT2D eigenvalue weighted by atomic mass is 35.5. The van der Waals surface area contributed by atoms with Crippen LogP contribution in [0.1, 0.15) is 25.3 Å². The van der Waals surface area contributed by atoms with Crippen molar-refractivity contribution in [2.24, 2.45) is 0 Å². The van der Waals surface area contributed by atoms with Crippen molar-refractivity contribution < 1.29 is 4.74 Å². The van der Waals surface area contributed by atoms with Crippen LogP contribution in [0.25, 0.3) is 0 Å². The van der Waals surface area contributed by atoms with E-state index in [1.807, 2.05) is 6.92 Å². The standard InChI is InChI=1S/C12H18ClN3O/c1-9-7-14-11(13)15-10(9)16-6-4-5-12(2,8-16)17-3/h7H,4-6,8H2,1-3H3. The summed E-state index contributed by atoms with van der Waals surface area (Å²) < 4.78 is 5.58. The zero-order valence-electron chi connectivity index (χ0n) is 10.5. The minimum absolute atomic E-state index is 0.0951. The normalized spacial score (nSPS) is 25.1. The van der Waals surface area contributed by atoms with E-state index in [0.29, 0.717) is 5.28 Å². The predicted octanol–water partition coefficient (Wildman–Crippen LogP) is 2.44. The Morgan fingerprint density at radius 1 is 1.53 bits per heavy atom. The third-order valence-electron chi connectivity index (χ3n) is 3.37. The van der Waals surface area contributed by atoms with Gasteiger partial charge in [0, 0.05) is 32.0 Å². The van der Waals surface area contributed by atoms with Crippen LogP contribution >= 0.6 is 11.6 Å². The van der Waals surface area contributed by atoms with Gasteiger partial charge in [0.05, 0.1) is 5.60 Å². The van der Waals surface area contributed by atoms with Gasteiger partial charge in [-0.25, -0.2) is 9.97 Å². The largest absolute Gasteiger partial charge is 0.377 e. The molecule has 0 N–H and O–H groups in total. The minimum Gasteiger partial charge on any atom is -0.377 e. The highest BCUT2D eigenvalue weighted by Gasteiger charge is 2.31. The molecule has 1 aromatic rings. The fraction of sp³-hybridized carbons (Fsp3) is 0.667. The van der Waals surface area contributed by atoms with Crippen molar-refractivity contribution in [1.29, 1.82) is 0 Å². The average Bonchev–Trinajstić information content (AvgIpc) is 2.32. The Labute approximate surface area is 107 Å². The molecule has 5 heteroatoms. The SMILES string of the molecule is COC1(C)CCCN(c2nc(Cl)ncc2C)C1. The van der Waals surface area contributed by atoms with Crippen molar-refractivity contribution >= 4 is 17.4 Å². The van der Waals surface area contributed by atoms with Crippen LogP contribution in [0.4, 0.5) is 5.82 Å². The first-order chi connectivity index (χ1) is 8.04. The van der Waals surface area contributed by atoms with Crippen LogP contribution in [-0.4, -0.2) is 35.8 Å². The number of hydrogen-bond donors (Lipinski definition) is 0. The lowest BCUT2D eigenvalue weighted by atomic mass is 9.94. The number of ether oxygens (including phenoxy) is 1. The minimum atomic E-state index is -0.0951. The molecule has 1 fully saturated rings. The number of piperidine rings is 1. The molecular weight excluding hydrogens is 238 g/mol. The van der Waals surface area contributed by atoms with Crippen LogP contribution in [-0.2, 0) is 4.74 Å². The molecule has 1 atom stereocenters. The molecule has 0 saturated carbocycles. The van der Waals surface area contributed by atoms with Gasteiger partial charge in [-0.1, -0.05) is 0 Å². The second kappa shape index (κ2) is 4.78. The van der Waals surface area contributed by atoms with Gasteiger partial charge in [-0.05, 0) is 38.3 Å². The van der Waals surface area contributed by atoms with E-state index in [1.165, 1.54) is 0 Å². The molecule has 0 amide bonds. The first kappa shape index (κ1) is 12.6. The van der Waals surface area contributed by atoms with E-state index >= 15 is 0 Å². The second-order valence-electron chi connectivity index (χ2n) is 4.82. The second-order valence-corrected chi connectivity index (χ2v) is 5.16. The molecule has 0 aromatic carbocycles. The maximum atomic E-state index is 5.86. The summed E-state index contributed by atoms with van der Waals surface area (Å²) in [5, 5.41) is 0.301. The topological polar surface area (TPSA) is 38.2 Å². The first-order valence-electron chi connectivity index (χ1n) is 5.83. The molecule has 4 nitrogen and oxygen atoms in total. The smallest absolute Gasteiger partial charge is 0.224 e. The van der Waals surface area contributed by atoms with Crippen LogP contribution in [0.2, 0.25) is 5.28 Å². The monoisotopic (exact) mass is 255 g/mol. The predicted molar refractivity (Wildman–Crippen MR) is 68.6 cm³/mol. The van der Waals surface area contributed by atoms with Gasteiger partial charge in [0.25, 0.3) is 0 Å². The van der Waals surface area contributed by atoms with Crippen LogP contribution in [0, 0.1) is 6.92 Å². The lowest BCUT2D eigenvalue weighted by molar-refractivity contribution is -0.00484. The van der Waals surface area contributed by atoms with E-state index < -0.39 is 0 Å². The van der Waals surface area contributed by atoms with E-state index in [0.717, 1.165) is 37.3 Å².